The van der Waals surface area contributed by atoms with E-state index >= 15 is 0 Å². The van der Waals surface area contributed by atoms with Gasteiger partial charge in [0.15, 0.2) is 0 Å². The summed E-state index contributed by atoms with van der Waals surface area (Å²) in [7, 11) is 0. The third-order valence-corrected chi connectivity index (χ3v) is 4.70. The van der Waals surface area contributed by atoms with Crippen LogP contribution in [0.15, 0.2) is 36.8 Å². The minimum Gasteiger partial charge on any atom is -0.475 e. The van der Waals surface area contributed by atoms with Gasteiger partial charge in [-0.25, -0.2) is 14.8 Å². The number of rotatable bonds is 4. The van der Waals surface area contributed by atoms with Crippen molar-refractivity contribution in [3.63, 3.8) is 0 Å². The van der Waals surface area contributed by atoms with Crippen molar-refractivity contribution in [1.29, 1.82) is 0 Å². The Morgan fingerprint density at radius 1 is 1.16 bits per heavy atom. The number of hydrogen-bond donors (Lipinski definition) is 3. The number of nitrogens with zero attached hydrogens (tertiary/aromatic N) is 3. The summed E-state index contributed by atoms with van der Waals surface area (Å²) in [6, 6.07) is 7.71. The molecule has 0 atom stereocenters. The molecule has 0 aliphatic heterocycles. The molecule has 2 heterocycles. The van der Waals surface area contributed by atoms with Gasteiger partial charge in [0.1, 0.15) is 11.5 Å². The van der Waals surface area contributed by atoms with Crippen LogP contribution in [0, 0.1) is 13.8 Å². The first-order valence-electron chi connectivity index (χ1n) is 9.33. The topological polar surface area (TPSA) is 113 Å². The van der Waals surface area contributed by atoms with Crippen molar-refractivity contribution < 1.29 is 27.9 Å². The van der Waals surface area contributed by atoms with Crippen LogP contribution in [0.3, 0.4) is 0 Å². The van der Waals surface area contributed by atoms with Gasteiger partial charge in [-0.1, -0.05) is 0 Å². The van der Waals surface area contributed by atoms with E-state index in [2.05, 4.69) is 20.3 Å². The first-order valence-corrected chi connectivity index (χ1v) is 9.33. The summed E-state index contributed by atoms with van der Waals surface area (Å²) in [5, 5.41) is 10.0. The van der Waals surface area contributed by atoms with Crippen LogP contribution in [0.5, 0.6) is 0 Å². The number of anilines is 1. The number of carbonyl (C=O) groups is 2. The number of carboxylic acids is 1. The molecule has 1 saturated carbocycles. The third kappa shape index (κ3) is 5.50. The number of benzene rings is 1. The Morgan fingerprint density at radius 2 is 1.77 bits per heavy atom. The number of alkyl halides is 3. The lowest BCUT2D eigenvalue weighted by molar-refractivity contribution is -0.192. The molecule has 1 aromatic carbocycles. The molecule has 0 unspecified atom stereocenters. The number of hydrogen-bond acceptors (Lipinski definition) is 4. The van der Waals surface area contributed by atoms with Gasteiger partial charge in [0.2, 0.25) is 0 Å². The van der Waals surface area contributed by atoms with E-state index in [1.54, 1.807) is 6.20 Å². The highest BCUT2D eigenvalue weighted by atomic mass is 19.4. The zero-order chi connectivity index (χ0) is 22.8. The Morgan fingerprint density at radius 3 is 2.26 bits per heavy atom. The third-order valence-electron chi connectivity index (χ3n) is 4.70. The van der Waals surface area contributed by atoms with Crippen LogP contribution in [0.2, 0.25) is 0 Å². The van der Waals surface area contributed by atoms with Crippen molar-refractivity contribution in [3.8, 4) is 5.69 Å². The van der Waals surface area contributed by atoms with Crippen molar-refractivity contribution in [1.82, 2.24) is 19.5 Å². The Kier molecular flexibility index (Phi) is 6.14. The van der Waals surface area contributed by atoms with Gasteiger partial charge in [-0.15, -0.1) is 0 Å². The van der Waals surface area contributed by atoms with Crippen molar-refractivity contribution >= 4 is 17.6 Å². The predicted molar refractivity (Wildman–Crippen MR) is 105 cm³/mol. The van der Waals surface area contributed by atoms with Crippen LogP contribution in [0.4, 0.5) is 18.9 Å². The van der Waals surface area contributed by atoms with E-state index in [9.17, 15) is 18.0 Å². The van der Waals surface area contributed by atoms with Gasteiger partial charge >= 0.3 is 12.1 Å². The zero-order valence-corrected chi connectivity index (χ0v) is 16.7. The molecular weight excluding hydrogens is 415 g/mol. The molecule has 11 heteroatoms. The molecule has 3 aromatic rings. The van der Waals surface area contributed by atoms with Crippen molar-refractivity contribution in [2.75, 3.05) is 5.32 Å². The van der Waals surface area contributed by atoms with Gasteiger partial charge < -0.3 is 20.0 Å². The fraction of sp³-hybridized carbons (Fsp3) is 0.300. The second-order valence-electron chi connectivity index (χ2n) is 7.05. The van der Waals surface area contributed by atoms with Gasteiger partial charge in [0, 0.05) is 23.0 Å². The number of carboxylic acid groups (broad SMARTS) is 1. The van der Waals surface area contributed by atoms with Crippen LogP contribution in [-0.2, 0) is 4.79 Å². The van der Waals surface area contributed by atoms with E-state index in [1.807, 2.05) is 49.0 Å². The lowest BCUT2D eigenvalue weighted by atomic mass is 10.2. The summed E-state index contributed by atoms with van der Waals surface area (Å²) in [6.07, 6.45) is 0.642. The van der Waals surface area contributed by atoms with Crippen LogP contribution in [-0.4, -0.2) is 42.7 Å². The Hall–Kier alpha value is -3.63. The molecule has 1 fully saturated rings. The molecule has 164 valence electrons. The Labute approximate surface area is 175 Å². The summed E-state index contributed by atoms with van der Waals surface area (Å²) in [6.45, 7) is 4.02. The van der Waals surface area contributed by atoms with Crippen LogP contribution < -0.4 is 5.32 Å². The van der Waals surface area contributed by atoms with Gasteiger partial charge in [-0.3, -0.25) is 4.79 Å². The van der Waals surface area contributed by atoms with E-state index in [1.165, 1.54) is 0 Å². The first-order chi connectivity index (χ1) is 14.6. The molecule has 4 rings (SSSR count). The molecule has 0 saturated heterocycles. The molecular formula is C20H20F3N5O3. The molecule has 8 nitrogen and oxygen atoms in total. The van der Waals surface area contributed by atoms with E-state index in [0.717, 1.165) is 41.4 Å². The SMILES string of the molecule is Cc1ncn(-c2ccc(NC(=O)c3cnc(C4CC4)[nH]3)cc2)c1C.O=C(O)C(F)(F)F. The number of nitrogens with one attached hydrogen (secondary N) is 2. The number of aliphatic carboxylic acids is 1. The smallest absolute Gasteiger partial charge is 0.475 e. The molecule has 1 aliphatic carbocycles. The van der Waals surface area contributed by atoms with Crippen LogP contribution in [0.1, 0.15) is 46.5 Å². The quantitative estimate of drug-likeness (QED) is 0.574. The zero-order valence-electron chi connectivity index (χ0n) is 16.7. The van der Waals surface area contributed by atoms with E-state index in [-0.39, 0.29) is 5.91 Å². The molecule has 2 aromatic heterocycles. The predicted octanol–water partition coefficient (Wildman–Crippen LogP) is 3.98. The normalized spacial score (nSPS) is 13.3. The van der Waals surface area contributed by atoms with Crippen LogP contribution in [0.25, 0.3) is 5.69 Å². The van der Waals surface area contributed by atoms with Gasteiger partial charge in [0.05, 0.1) is 18.2 Å². The Bertz CT molecular complexity index is 1080. The minimum absolute atomic E-state index is 0.170. The number of aryl methyl sites for hydroxylation is 1. The molecule has 1 amide bonds. The average Bonchev–Trinajstić information content (AvgIpc) is 3.35. The average molecular weight is 435 g/mol. The number of aromatic nitrogens is 4. The van der Waals surface area contributed by atoms with E-state index in [4.69, 9.17) is 9.90 Å². The number of amides is 1. The summed E-state index contributed by atoms with van der Waals surface area (Å²) >= 11 is 0. The van der Waals surface area contributed by atoms with Gasteiger partial charge in [0.25, 0.3) is 5.91 Å². The fourth-order valence-electron chi connectivity index (χ4n) is 2.68. The first kappa shape index (κ1) is 22.1. The number of imidazole rings is 2. The van der Waals surface area contributed by atoms with E-state index in [0.29, 0.717) is 11.6 Å². The second-order valence-corrected chi connectivity index (χ2v) is 7.05. The molecule has 3 N–H and O–H groups in total. The highest BCUT2D eigenvalue weighted by Gasteiger charge is 2.38. The molecule has 1 aliphatic rings. The molecule has 0 spiro atoms. The highest BCUT2D eigenvalue weighted by Crippen LogP contribution is 2.38. The number of aromatic amines is 1. The highest BCUT2D eigenvalue weighted by molar-refractivity contribution is 6.02. The molecule has 31 heavy (non-hydrogen) atoms. The van der Waals surface area contributed by atoms with Crippen molar-refractivity contribution in [2.24, 2.45) is 0 Å². The lowest BCUT2D eigenvalue weighted by Gasteiger charge is -2.08. The largest absolute Gasteiger partial charge is 0.490 e. The monoisotopic (exact) mass is 435 g/mol. The standard InChI is InChI=1S/C18H19N5O.C2HF3O2/c1-11-12(2)23(10-20-11)15-7-5-14(6-8-15)21-18(24)16-9-19-17(22-16)13-3-4-13;3-2(4,5)1(6)7/h5-10,13H,3-4H2,1-2H3,(H,19,22)(H,21,24);(H,6,7). The summed E-state index contributed by atoms with van der Waals surface area (Å²) in [4.78, 5) is 32.9. The summed E-state index contributed by atoms with van der Waals surface area (Å²) in [5.41, 5.74) is 4.39. The van der Waals surface area contributed by atoms with Crippen molar-refractivity contribution in [3.05, 3.63) is 59.7 Å². The summed E-state index contributed by atoms with van der Waals surface area (Å²) < 4.78 is 33.8. The number of carbonyl (C=O) groups excluding carboxylic acids is 1. The fourth-order valence-corrected chi connectivity index (χ4v) is 2.68. The van der Waals surface area contributed by atoms with Gasteiger partial charge in [-0.2, -0.15) is 13.2 Å². The minimum atomic E-state index is -5.08. The second kappa shape index (κ2) is 8.62. The van der Waals surface area contributed by atoms with Crippen molar-refractivity contribution in [2.45, 2.75) is 38.8 Å². The number of halogens is 3. The Balaban J connectivity index is 0.000000339. The van der Waals surface area contributed by atoms with Crippen LogP contribution >= 0.6 is 0 Å². The maximum atomic E-state index is 12.3. The maximum Gasteiger partial charge on any atom is 0.490 e. The lowest BCUT2D eigenvalue weighted by Crippen LogP contribution is -2.21. The van der Waals surface area contributed by atoms with Gasteiger partial charge in [-0.05, 0) is 51.0 Å². The van der Waals surface area contributed by atoms with E-state index < -0.39 is 12.1 Å². The number of H-pyrrole nitrogens is 1. The maximum absolute atomic E-state index is 12.3. The molecule has 0 bridgehead atoms. The summed E-state index contributed by atoms with van der Waals surface area (Å²) in [5.74, 6) is -1.50. The molecule has 0 radical (unpaired) electrons.